The summed E-state index contributed by atoms with van der Waals surface area (Å²) in [4.78, 5) is 12.7. The SMILES string of the molecule is CC(Sc1nnc(Cc2ccccc2)n1-c1ccccc1)C(=O)NCCC1=CCCCC1. The van der Waals surface area contributed by atoms with Crippen LogP contribution in [0.25, 0.3) is 5.69 Å². The number of hydrogen-bond donors (Lipinski definition) is 1. The van der Waals surface area contributed by atoms with Gasteiger partial charge in [0, 0.05) is 18.7 Å². The number of amides is 1. The minimum absolute atomic E-state index is 0.0404. The third kappa shape index (κ3) is 5.88. The van der Waals surface area contributed by atoms with Gasteiger partial charge in [0.15, 0.2) is 5.16 Å². The number of hydrogen-bond acceptors (Lipinski definition) is 4. The summed E-state index contributed by atoms with van der Waals surface area (Å²) < 4.78 is 2.06. The second kappa shape index (κ2) is 11.1. The molecule has 2 aromatic carbocycles. The normalized spacial score (nSPS) is 14.6. The van der Waals surface area contributed by atoms with Crippen LogP contribution in [0.3, 0.4) is 0 Å². The second-order valence-electron chi connectivity index (χ2n) is 8.14. The predicted octanol–water partition coefficient (Wildman–Crippen LogP) is 5.35. The van der Waals surface area contributed by atoms with Crippen molar-refractivity contribution in [1.82, 2.24) is 20.1 Å². The number of aromatic nitrogens is 3. The van der Waals surface area contributed by atoms with Crippen molar-refractivity contribution in [2.75, 3.05) is 6.54 Å². The van der Waals surface area contributed by atoms with Crippen LogP contribution in [-0.4, -0.2) is 32.5 Å². The molecule has 0 saturated carbocycles. The highest BCUT2D eigenvalue weighted by molar-refractivity contribution is 8.00. The Morgan fingerprint density at radius 1 is 1.06 bits per heavy atom. The molecule has 1 atom stereocenters. The maximum absolute atomic E-state index is 12.7. The average molecular weight is 447 g/mol. The Kier molecular flexibility index (Phi) is 7.77. The van der Waals surface area contributed by atoms with Crippen LogP contribution in [0.2, 0.25) is 0 Å². The first-order valence-corrected chi connectivity index (χ1v) is 12.2. The molecule has 1 N–H and O–H groups in total. The summed E-state index contributed by atoms with van der Waals surface area (Å²) in [5, 5.41) is 12.5. The van der Waals surface area contributed by atoms with E-state index in [2.05, 4.69) is 38.3 Å². The first-order chi connectivity index (χ1) is 15.7. The highest BCUT2D eigenvalue weighted by Crippen LogP contribution is 2.27. The zero-order valence-electron chi connectivity index (χ0n) is 18.5. The quantitative estimate of drug-likeness (QED) is 0.356. The smallest absolute Gasteiger partial charge is 0.233 e. The van der Waals surface area contributed by atoms with Gasteiger partial charge < -0.3 is 5.32 Å². The number of nitrogens with one attached hydrogen (secondary N) is 1. The number of nitrogens with zero attached hydrogens (tertiary/aromatic N) is 3. The summed E-state index contributed by atoms with van der Waals surface area (Å²) in [5.41, 5.74) is 3.66. The lowest BCUT2D eigenvalue weighted by atomic mass is 9.97. The summed E-state index contributed by atoms with van der Waals surface area (Å²) in [6.45, 7) is 2.63. The van der Waals surface area contributed by atoms with E-state index < -0.39 is 0 Å². The zero-order valence-corrected chi connectivity index (χ0v) is 19.4. The van der Waals surface area contributed by atoms with Crippen LogP contribution in [0.1, 0.15) is 50.4 Å². The Morgan fingerprint density at radius 2 is 1.81 bits per heavy atom. The number of rotatable bonds is 9. The van der Waals surface area contributed by atoms with Crippen molar-refractivity contribution in [2.24, 2.45) is 0 Å². The number of para-hydroxylation sites is 1. The Morgan fingerprint density at radius 3 is 2.53 bits per heavy atom. The Hall–Kier alpha value is -2.86. The number of carbonyl (C=O) groups excluding carboxylic acids is 1. The van der Waals surface area contributed by atoms with Gasteiger partial charge in [-0.05, 0) is 56.7 Å². The van der Waals surface area contributed by atoms with Gasteiger partial charge in [0.2, 0.25) is 5.91 Å². The van der Waals surface area contributed by atoms with E-state index in [9.17, 15) is 4.79 Å². The highest BCUT2D eigenvalue weighted by Gasteiger charge is 2.21. The summed E-state index contributed by atoms with van der Waals surface area (Å²) >= 11 is 1.45. The lowest BCUT2D eigenvalue weighted by molar-refractivity contribution is -0.120. The summed E-state index contributed by atoms with van der Waals surface area (Å²) in [6, 6.07) is 20.4. The van der Waals surface area contributed by atoms with Gasteiger partial charge in [-0.1, -0.05) is 71.9 Å². The van der Waals surface area contributed by atoms with E-state index in [1.54, 1.807) is 0 Å². The van der Waals surface area contributed by atoms with Crippen LogP contribution in [0.4, 0.5) is 0 Å². The average Bonchev–Trinajstić information content (AvgIpc) is 3.22. The van der Waals surface area contributed by atoms with E-state index in [-0.39, 0.29) is 11.2 Å². The largest absolute Gasteiger partial charge is 0.355 e. The van der Waals surface area contributed by atoms with Crippen molar-refractivity contribution >= 4 is 17.7 Å². The first kappa shape index (κ1) is 22.3. The van der Waals surface area contributed by atoms with Gasteiger partial charge in [0.25, 0.3) is 0 Å². The molecule has 32 heavy (non-hydrogen) atoms. The zero-order chi connectivity index (χ0) is 22.2. The molecule has 0 bridgehead atoms. The number of carbonyl (C=O) groups is 1. The maximum Gasteiger partial charge on any atom is 0.233 e. The molecule has 6 heteroatoms. The van der Waals surface area contributed by atoms with Crippen LogP contribution in [0.5, 0.6) is 0 Å². The second-order valence-corrected chi connectivity index (χ2v) is 9.45. The van der Waals surface area contributed by atoms with Crippen molar-refractivity contribution in [2.45, 2.75) is 55.9 Å². The molecule has 0 saturated heterocycles. The molecule has 1 heterocycles. The van der Waals surface area contributed by atoms with Gasteiger partial charge in [-0.2, -0.15) is 0 Å². The van der Waals surface area contributed by atoms with Gasteiger partial charge in [-0.25, -0.2) is 0 Å². The molecule has 3 aromatic rings. The summed E-state index contributed by atoms with van der Waals surface area (Å²) in [6.07, 6.45) is 8.87. The molecule has 0 spiro atoms. The molecule has 4 rings (SSSR count). The standard InChI is InChI=1S/C26H30N4OS/c1-20(25(31)27-18-17-21-11-5-2-6-12-21)32-26-29-28-24(19-22-13-7-3-8-14-22)30(26)23-15-9-4-10-16-23/h3-4,7-11,13-16,20H,2,5-6,12,17-19H2,1H3,(H,27,31). The van der Waals surface area contributed by atoms with Crippen LogP contribution in [0, 0.1) is 0 Å². The van der Waals surface area contributed by atoms with Crippen molar-refractivity contribution < 1.29 is 4.79 Å². The molecule has 0 aliphatic heterocycles. The number of thioether (sulfide) groups is 1. The Bertz CT molecular complexity index is 1050. The number of benzene rings is 2. The van der Waals surface area contributed by atoms with Crippen LogP contribution in [-0.2, 0) is 11.2 Å². The fraction of sp³-hybridized carbons (Fsp3) is 0.346. The Balaban J connectivity index is 1.45. The molecule has 0 fully saturated rings. The van der Waals surface area contributed by atoms with E-state index in [1.807, 2.05) is 55.5 Å². The minimum atomic E-state index is -0.258. The molecule has 1 amide bonds. The molecular weight excluding hydrogens is 416 g/mol. The lowest BCUT2D eigenvalue weighted by Crippen LogP contribution is -2.32. The molecule has 1 aliphatic rings. The van der Waals surface area contributed by atoms with E-state index in [4.69, 9.17) is 0 Å². The van der Waals surface area contributed by atoms with Crippen molar-refractivity contribution in [3.05, 3.63) is 83.7 Å². The van der Waals surface area contributed by atoms with Crippen LogP contribution in [0.15, 0.2) is 77.5 Å². The summed E-state index contributed by atoms with van der Waals surface area (Å²) in [5.74, 6) is 0.903. The molecule has 1 aromatic heterocycles. The van der Waals surface area contributed by atoms with E-state index >= 15 is 0 Å². The highest BCUT2D eigenvalue weighted by atomic mass is 32.2. The lowest BCUT2D eigenvalue weighted by Gasteiger charge is -2.15. The van der Waals surface area contributed by atoms with Gasteiger partial charge in [0.1, 0.15) is 5.82 Å². The third-order valence-electron chi connectivity index (χ3n) is 5.70. The molecule has 0 radical (unpaired) electrons. The van der Waals surface area contributed by atoms with Crippen LogP contribution >= 0.6 is 11.8 Å². The van der Waals surface area contributed by atoms with Gasteiger partial charge >= 0.3 is 0 Å². The molecule has 1 unspecified atom stereocenters. The Labute approximate surface area is 194 Å². The van der Waals surface area contributed by atoms with Gasteiger partial charge in [-0.3, -0.25) is 9.36 Å². The predicted molar refractivity (Wildman–Crippen MR) is 130 cm³/mol. The fourth-order valence-electron chi connectivity index (χ4n) is 3.94. The van der Waals surface area contributed by atoms with Gasteiger partial charge in [0.05, 0.1) is 5.25 Å². The molecule has 5 nitrogen and oxygen atoms in total. The van der Waals surface area contributed by atoms with E-state index in [1.165, 1.54) is 48.6 Å². The minimum Gasteiger partial charge on any atom is -0.355 e. The van der Waals surface area contributed by atoms with E-state index in [0.29, 0.717) is 13.0 Å². The van der Waals surface area contributed by atoms with Crippen molar-refractivity contribution in [1.29, 1.82) is 0 Å². The molecular formula is C26H30N4OS. The summed E-state index contributed by atoms with van der Waals surface area (Å²) in [7, 11) is 0. The van der Waals surface area contributed by atoms with Crippen LogP contribution < -0.4 is 5.32 Å². The van der Waals surface area contributed by atoms with Gasteiger partial charge in [-0.15, -0.1) is 10.2 Å². The first-order valence-electron chi connectivity index (χ1n) is 11.4. The maximum atomic E-state index is 12.7. The fourth-order valence-corrected chi connectivity index (χ4v) is 4.85. The third-order valence-corrected chi connectivity index (χ3v) is 6.74. The monoisotopic (exact) mass is 446 g/mol. The van der Waals surface area contributed by atoms with Crippen molar-refractivity contribution in [3.8, 4) is 5.69 Å². The molecule has 166 valence electrons. The van der Waals surface area contributed by atoms with Crippen molar-refractivity contribution in [3.63, 3.8) is 0 Å². The number of allylic oxidation sites excluding steroid dienone is 1. The molecule has 1 aliphatic carbocycles. The topological polar surface area (TPSA) is 59.8 Å². The van der Waals surface area contributed by atoms with E-state index in [0.717, 1.165) is 23.1 Å².